The molecule has 1 aromatic heterocycles. The van der Waals surface area contributed by atoms with Crippen LogP contribution in [0.4, 0.5) is 0 Å². The molecule has 0 fully saturated rings. The van der Waals surface area contributed by atoms with E-state index in [0.717, 1.165) is 9.96 Å². The van der Waals surface area contributed by atoms with Crippen molar-refractivity contribution in [1.82, 2.24) is 0 Å². The third-order valence-electron chi connectivity index (χ3n) is 2.03. The standard InChI is InChI=1S/C10H10OS3/c1-11-7-3-4-8(13-2)6-5-9(12)14-10(6)7/h3-5,12H,1-2H3. The van der Waals surface area contributed by atoms with E-state index in [4.69, 9.17) is 4.74 Å². The summed E-state index contributed by atoms with van der Waals surface area (Å²) in [6.07, 6.45) is 2.08. The number of rotatable bonds is 2. The molecule has 74 valence electrons. The minimum absolute atomic E-state index is 0.933. The van der Waals surface area contributed by atoms with Gasteiger partial charge in [0.15, 0.2) is 0 Å². The highest BCUT2D eigenvalue weighted by Gasteiger charge is 2.08. The average molecular weight is 242 g/mol. The zero-order valence-corrected chi connectivity index (χ0v) is 10.4. The molecule has 1 nitrogen and oxygen atoms in total. The molecule has 0 aliphatic heterocycles. The van der Waals surface area contributed by atoms with Crippen molar-refractivity contribution in [2.75, 3.05) is 13.4 Å². The number of thioether (sulfide) groups is 1. The van der Waals surface area contributed by atoms with Gasteiger partial charge in [-0.3, -0.25) is 0 Å². The predicted molar refractivity (Wildman–Crippen MR) is 67.4 cm³/mol. The first-order valence-electron chi connectivity index (χ1n) is 4.09. The van der Waals surface area contributed by atoms with Gasteiger partial charge in [-0.2, -0.15) is 0 Å². The smallest absolute Gasteiger partial charge is 0.136 e. The van der Waals surface area contributed by atoms with Crippen LogP contribution < -0.4 is 4.74 Å². The van der Waals surface area contributed by atoms with E-state index in [1.165, 1.54) is 15.0 Å². The van der Waals surface area contributed by atoms with Crippen LogP contribution in [-0.2, 0) is 0 Å². The predicted octanol–water partition coefficient (Wildman–Crippen LogP) is 3.92. The number of thiophene rings is 1. The molecule has 0 bridgehead atoms. The molecule has 0 radical (unpaired) electrons. The Bertz CT molecular complexity index is 421. The molecule has 0 spiro atoms. The highest BCUT2D eigenvalue weighted by molar-refractivity contribution is 7.98. The second kappa shape index (κ2) is 4.04. The first-order valence-corrected chi connectivity index (χ1v) is 6.58. The summed E-state index contributed by atoms with van der Waals surface area (Å²) in [6.45, 7) is 0. The molecule has 1 aromatic carbocycles. The van der Waals surface area contributed by atoms with E-state index >= 15 is 0 Å². The molecular weight excluding hydrogens is 232 g/mol. The second-order valence-electron chi connectivity index (χ2n) is 2.80. The van der Waals surface area contributed by atoms with Crippen molar-refractivity contribution in [3.8, 4) is 5.75 Å². The summed E-state index contributed by atoms with van der Waals surface area (Å²) in [6, 6.07) is 6.20. The lowest BCUT2D eigenvalue weighted by Gasteiger charge is -2.03. The number of benzene rings is 1. The van der Waals surface area contributed by atoms with E-state index in [-0.39, 0.29) is 0 Å². The third-order valence-corrected chi connectivity index (χ3v) is 4.19. The molecule has 0 unspecified atom stereocenters. The van der Waals surface area contributed by atoms with Crippen LogP contribution in [0.5, 0.6) is 5.75 Å². The Morgan fingerprint density at radius 1 is 1.43 bits per heavy atom. The summed E-state index contributed by atoms with van der Waals surface area (Å²) in [4.78, 5) is 1.28. The number of methoxy groups -OCH3 is 1. The number of fused-ring (bicyclic) bond motifs is 1. The molecule has 2 aromatic rings. The van der Waals surface area contributed by atoms with Crippen LogP contribution in [-0.4, -0.2) is 13.4 Å². The molecule has 0 saturated heterocycles. The van der Waals surface area contributed by atoms with Crippen LogP contribution in [0.15, 0.2) is 27.3 Å². The Morgan fingerprint density at radius 3 is 2.86 bits per heavy atom. The summed E-state index contributed by atoms with van der Waals surface area (Å²) in [7, 11) is 1.70. The number of hydrogen-bond acceptors (Lipinski definition) is 4. The molecule has 0 saturated carbocycles. The minimum atomic E-state index is 0.933. The Hall–Kier alpha value is -0.320. The lowest BCUT2D eigenvalue weighted by Crippen LogP contribution is -1.82. The largest absolute Gasteiger partial charge is 0.495 e. The Labute approximate surface area is 96.9 Å². The molecule has 0 aliphatic rings. The van der Waals surface area contributed by atoms with Crippen LogP contribution in [0.1, 0.15) is 0 Å². The molecule has 14 heavy (non-hydrogen) atoms. The van der Waals surface area contributed by atoms with Crippen molar-refractivity contribution in [1.29, 1.82) is 0 Å². The first kappa shape index (κ1) is 10.2. The van der Waals surface area contributed by atoms with Crippen LogP contribution in [0.25, 0.3) is 10.1 Å². The zero-order valence-electron chi connectivity index (χ0n) is 7.90. The number of hydrogen-bond donors (Lipinski definition) is 1. The normalized spacial score (nSPS) is 10.8. The average Bonchev–Trinajstić information content (AvgIpc) is 2.57. The van der Waals surface area contributed by atoms with Gasteiger partial charge in [0.2, 0.25) is 0 Å². The Morgan fingerprint density at radius 2 is 2.21 bits per heavy atom. The van der Waals surface area contributed by atoms with Gasteiger partial charge >= 0.3 is 0 Å². The Kier molecular flexibility index (Phi) is 2.95. The maximum atomic E-state index is 5.31. The van der Waals surface area contributed by atoms with Crippen molar-refractivity contribution >= 4 is 45.8 Å². The van der Waals surface area contributed by atoms with Gasteiger partial charge in [-0.25, -0.2) is 0 Å². The van der Waals surface area contributed by atoms with Gasteiger partial charge in [0, 0.05) is 10.3 Å². The summed E-state index contributed by atoms with van der Waals surface area (Å²) < 4.78 is 7.52. The van der Waals surface area contributed by atoms with Gasteiger partial charge in [-0.05, 0) is 24.5 Å². The molecular formula is C10H10OS3. The van der Waals surface area contributed by atoms with Crippen molar-refractivity contribution in [2.24, 2.45) is 0 Å². The van der Waals surface area contributed by atoms with Crippen molar-refractivity contribution in [3.05, 3.63) is 18.2 Å². The monoisotopic (exact) mass is 242 g/mol. The number of ether oxygens (including phenoxy) is 1. The SMILES string of the molecule is COc1ccc(SC)c2cc(S)sc12. The maximum Gasteiger partial charge on any atom is 0.136 e. The summed E-state index contributed by atoms with van der Waals surface area (Å²) in [5.74, 6) is 0.933. The van der Waals surface area contributed by atoms with Crippen LogP contribution in [0.3, 0.4) is 0 Å². The van der Waals surface area contributed by atoms with Crippen LogP contribution >= 0.6 is 35.7 Å². The van der Waals surface area contributed by atoms with Crippen LogP contribution in [0.2, 0.25) is 0 Å². The molecule has 2 rings (SSSR count). The van der Waals surface area contributed by atoms with Gasteiger partial charge in [0.1, 0.15) is 5.75 Å². The maximum absolute atomic E-state index is 5.31. The minimum Gasteiger partial charge on any atom is -0.495 e. The Balaban J connectivity index is 2.77. The zero-order chi connectivity index (χ0) is 10.1. The summed E-state index contributed by atoms with van der Waals surface area (Å²) in [5.41, 5.74) is 0. The lowest BCUT2D eigenvalue weighted by molar-refractivity contribution is 0.420. The molecule has 0 N–H and O–H groups in total. The van der Waals surface area contributed by atoms with Gasteiger partial charge in [0.05, 0.1) is 16.0 Å². The van der Waals surface area contributed by atoms with Crippen molar-refractivity contribution < 1.29 is 4.74 Å². The second-order valence-corrected chi connectivity index (χ2v) is 5.48. The fraction of sp³-hybridized carbons (Fsp3) is 0.200. The van der Waals surface area contributed by atoms with Crippen molar-refractivity contribution in [3.63, 3.8) is 0 Å². The van der Waals surface area contributed by atoms with Crippen LogP contribution in [0, 0.1) is 0 Å². The topological polar surface area (TPSA) is 9.23 Å². The summed E-state index contributed by atoms with van der Waals surface area (Å²) >= 11 is 7.78. The molecule has 1 heterocycles. The fourth-order valence-corrected chi connectivity index (χ4v) is 3.37. The van der Waals surface area contributed by atoms with E-state index in [2.05, 4.69) is 31.0 Å². The fourth-order valence-electron chi connectivity index (χ4n) is 1.40. The molecule has 0 amide bonds. The molecule has 4 heteroatoms. The summed E-state index contributed by atoms with van der Waals surface area (Å²) in [5, 5.41) is 1.24. The highest BCUT2D eigenvalue weighted by Crippen LogP contribution is 2.39. The number of thiol groups is 1. The van der Waals surface area contributed by atoms with E-state index in [1.54, 1.807) is 30.2 Å². The quantitative estimate of drug-likeness (QED) is 0.631. The van der Waals surface area contributed by atoms with Gasteiger partial charge in [-0.1, -0.05) is 0 Å². The molecule has 0 aliphatic carbocycles. The van der Waals surface area contributed by atoms with E-state index in [0.29, 0.717) is 0 Å². The van der Waals surface area contributed by atoms with E-state index in [1.807, 2.05) is 6.07 Å². The highest BCUT2D eigenvalue weighted by atomic mass is 32.2. The van der Waals surface area contributed by atoms with Gasteiger partial charge < -0.3 is 4.74 Å². The van der Waals surface area contributed by atoms with Gasteiger partial charge in [-0.15, -0.1) is 35.7 Å². The lowest BCUT2D eigenvalue weighted by atomic mass is 10.2. The van der Waals surface area contributed by atoms with E-state index < -0.39 is 0 Å². The van der Waals surface area contributed by atoms with Crippen molar-refractivity contribution in [2.45, 2.75) is 9.10 Å². The van der Waals surface area contributed by atoms with E-state index in [9.17, 15) is 0 Å². The van der Waals surface area contributed by atoms with Gasteiger partial charge in [0.25, 0.3) is 0 Å². The third kappa shape index (κ3) is 1.62. The molecule has 0 atom stereocenters. The first-order chi connectivity index (χ1) is 6.76.